The fraction of sp³-hybridized carbons (Fsp3) is 0.250. The van der Waals surface area contributed by atoms with Gasteiger partial charge < -0.3 is 19.9 Å². The summed E-state index contributed by atoms with van der Waals surface area (Å²) < 4.78 is 11.3. The molecule has 2 aromatic carbocycles. The molecule has 2 rings (SSSR count). The van der Waals surface area contributed by atoms with E-state index in [1.54, 1.807) is 20.3 Å². The number of halogens is 1. The van der Waals surface area contributed by atoms with Gasteiger partial charge >= 0.3 is 0 Å². The predicted molar refractivity (Wildman–Crippen MR) is 87.4 cm³/mol. The molecule has 1 unspecified atom stereocenters. The van der Waals surface area contributed by atoms with Gasteiger partial charge in [0, 0.05) is 22.2 Å². The molecule has 0 saturated heterocycles. The van der Waals surface area contributed by atoms with Crippen LogP contribution in [0.3, 0.4) is 0 Å². The van der Waals surface area contributed by atoms with E-state index in [4.69, 9.17) is 9.47 Å². The lowest BCUT2D eigenvalue weighted by Gasteiger charge is -2.19. The molecule has 2 N–H and O–H groups in total. The molecule has 5 heteroatoms. The Balaban J connectivity index is 2.23. The molecule has 0 radical (unpaired) electrons. The predicted octanol–water partition coefficient (Wildman–Crippen LogP) is 4.35. The van der Waals surface area contributed by atoms with E-state index in [1.165, 1.54) is 0 Å². The molecule has 0 bridgehead atoms. The number of ether oxygens (including phenoxy) is 2. The fourth-order valence-corrected chi connectivity index (χ4v) is 2.43. The van der Waals surface area contributed by atoms with Gasteiger partial charge in [0.05, 0.1) is 25.9 Å². The van der Waals surface area contributed by atoms with Gasteiger partial charge in [-0.15, -0.1) is 0 Å². The molecule has 0 aliphatic carbocycles. The molecule has 0 aliphatic rings. The van der Waals surface area contributed by atoms with Crippen molar-refractivity contribution in [3.63, 3.8) is 0 Å². The largest absolute Gasteiger partial charge is 0.507 e. The van der Waals surface area contributed by atoms with Gasteiger partial charge in [-0.05, 0) is 47.1 Å². The topological polar surface area (TPSA) is 50.7 Å². The third-order valence-corrected chi connectivity index (χ3v) is 3.94. The van der Waals surface area contributed by atoms with Crippen LogP contribution in [0.15, 0.2) is 40.9 Å². The molecule has 0 heterocycles. The number of phenols is 1. The fourth-order valence-electron chi connectivity index (χ4n) is 2.07. The number of rotatable bonds is 5. The van der Waals surface area contributed by atoms with Crippen LogP contribution < -0.4 is 14.8 Å². The summed E-state index contributed by atoms with van der Waals surface area (Å²) in [5.74, 6) is 1.60. The minimum atomic E-state index is -0.0701. The monoisotopic (exact) mass is 351 g/mol. The second kappa shape index (κ2) is 6.72. The van der Waals surface area contributed by atoms with Crippen molar-refractivity contribution in [2.24, 2.45) is 0 Å². The van der Waals surface area contributed by atoms with Crippen LogP contribution in [-0.2, 0) is 0 Å². The minimum absolute atomic E-state index is 0.0701. The summed E-state index contributed by atoms with van der Waals surface area (Å²) in [5.41, 5.74) is 1.70. The summed E-state index contributed by atoms with van der Waals surface area (Å²) in [4.78, 5) is 0. The van der Waals surface area contributed by atoms with E-state index >= 15 is 0 Å². The zero-order valence-electron chi connectivity index (χ0n) is 12.2. The number of nitrogens with one attached hydrogen (secondary N) is 1. The summed E-state index contributed by atoms with van der Waals surface area (Å²) in [5, 5.41) is 13.4. The molecule has 112 valence electrons. The summed E-state index contributed by atoms with van der Waals surface area (Å²) in [7, 11) is 3.20. The lowest BCUT2D eigenvalue weighted by Crippen LogP contribution is -2.07. The first-order valence-electron chi connectivity index (χ1n) is 6.52. The molecule has 4 nitrogen and oxygen atoms in total. The molecule has 0 aliphatic heterocycles. The van der Waals surface area contributed by atoms with Gasteiger partial charge in [0.1, 0.15) is 17.2 Å². The van der Waals surface area contributed by atoms with Crippen LogP contribution in [0.25, 0.3) is 0 Å². The molecule has 0 saturated carbocycles. The quantitative estimate of drug-likeness (QED) is 0.840. The van der Waals surface area contributed by atoms with Gasteiger partial charge in [0.25, 0.3) is 0 Å². The first kappa shape index (κ1) is 15.5. The maximum Gasteiger partial charge on any atom is 0.124 e. The Kier molecular flexibility index (Phi) is 4.96. The highest BCUT2D eigenvalue weighted by molar-refractivity contribution is 9.10. The van der Waals surface area contributed by atoms with Gasteiger partial charge in [-0.1, -0.05) is 0 Å². The van der Waals surface area contributed by atoms with E-state index in [-0.39, 0.29) is 11.8 Å². The third-order valence-electron chi connectivity index (χ3n) is 3.25. The molecular weight excluding hydrogens is 334 g/mol. The van der Waals surface area contributed by atoms with Gasteiger partial charge in [-0.2, -0.15) is 0 Å². The van der Waals surface area contributed by atoms with E-state index < -0.39 is 0 Å². The maximum absolute atomic E-state index is 10.1. The average Bonchev–Trinajstić information content (AvgIpc) is 2.49. The van der Waals surface area contributed by atoms with Crippen molar-refractivity contribution in [1.82, 2.24) is 0 Å². The van der Waals surface area contributed by atoms with Crippen molar-refractivity contribution in [3.05, 3.63) is 46.4 Å². The van der Waals surface area contributed by atoms with Gasteiger partial charge in [0.2, 0.25) is 0 Å². The molecule has 0 fully saturated rings. The van der Waals surface area contributed by atoms with Crippen LogP contribution in [0.2, 0.25) is 0 Å². The normalized spacial score (nSPS) is 11.8. The number of aromatic hydroxyl groups is 1. The Morgan fingerprint density at radius 1 is 1.05 bits per heavy atom. The Morgan fingerprint density at radius 2 is 1.67 bits per heavy atom. The minimum Gasteiger partial charge on any atom is -0.507 e. The third kappa shape index (κ3) is 3.61. The first-order chi connectivity index (χ1) is 10.0. The average molecular weight is 352 g/mol. The molecule has 0 spiro atoms. The van der Waals surface area contributed by atoms with E-state index in [0.29, 0.717) is 5.75 Å². The Labute approximate surface area is 132 Å². The lowest BCUT2D eigenvalue weighted by molar-refractivity contribution is 0.406. The summed E-state index contributed by atoms with van der Waals surface area (Å²) >= 11 is 3.50. The van der Waals surface area contributed by atoms with Crippen molar-refractivity contribution in [2.75, 3.05) is 19.5 Å². The van der Waals surface area contributed by atoms with Gasteiger partial charge in [-0.25, -0.2) is 0 Å². The molecular formula is C16H18BrNO3. The molecule has 1 atom stereocenters. The zero-order valence-corrected chi connectivity index (χ0v) is 13.8. The van der Waals surface area contributed by atoms with Gasteiger partial charge in [0.15, 0.2) is 0 Å². The van der Waals surface area contributed by atoms with Crippen LogP contribution >= 0.6 is 15.9 Å². The molecule has 0 amide bonds. The van der Waals surface area contributed by atoms with Crippen LogP contribution in [0.1, 0.15) is 18.5 Å². The van der Waals surface area contributed by atoms with E-state index in [1.807, 2.05) is 37.3 Å². The second-order valence-electron chi connectivity index (χ2n) is 4.64. The van der Waals surface area contributed by atoms with Crippen LogP contribution in [0.5, 0.6) is 17.2 Å². The van der Waals surface area contributed by atoms with Crippen LogP contribution in [0, 0.1) is 0 Å². The van der Waals surface area contributed by atoms with Crippen LogP contribution in [-0.4, -0.2) is 19.3 Å². The number of methoxy groups -OCH3 is 2. The van der Waals surface area contributed by atoms with Crippen molar-refractivity contribution in [2.45, 2.75) is 13.0 Å². The van der Waals surface area contributed by atoms with E-state index in [2.05, 4.69) is 21.2 Å². The number of hydrogen-bond donors (Lipinski definition) is 2. The number of benzene rings is 2. The van der Waals surface area contributed by atoms with Crippen molar-refractivity contribution in [1.29, 1.82) is 0 Å². The SMILES string of the molecule is COc1ccc(C(C)Nc2cc(OC)ccc2Br)c(O)c1. The Morgan fingerprint density at radius 3 is 2.29 bits per heavy atom. The van der Waals surface area contributed by atoms with E-state index in [9.17, 15) is 5.11 Å². The lowest BCUT2D eigenvalue weighted by atomic mass is 10.1. The van der Waals surface area contributed by atoms with Crippen molar-refractivity contribution >= 4 is 21.6 Å². The summed E-state index contributed by atoms with van der Waals surface area (Å²) in [6, 6.07) is 10.9. The van der Waals surface area contributed by atoms with Gasteiger partial charge in [-0.3, -0.25) is 0 Å². The highest BCUT2D eigenvalue weighted by Gasteiger charge is 2.13. The smallest absolute Gasteiger partial charge is 0.124 e. The number of hydrogen-bond acceptors (Lipinski definition) is 4. The first-order valence-corrected chi connectivity index (χ1v) is 7.31. The van der Waals surface area contributed by atoms with E-state index in [0.717, 1.165) is 21.5 Å². The number of anilines is 1. The Bertz CT molecular complexity index is 631. The Hall–Kier alpha value is -1.88. The standard InChI is InChI=1S/C16H18BrNO3/c1-10(13-6-4-12(21-3)9-16(13)19)18-15-8-11(20-2)5-7-14(15)17/h4-10,18-19H,1-3H3. The van der Waals surface area contributed by atoms with Crippen molar-refractivity contribution in [3.8, 4) is 17.2 Å². The van der Waals surface area contributed by atoms with Crippen LogP contribution in [0.4, 0.5) is 5.69 Å². The number of phenolic OH excluding ortho intramolecular Hbond substituents is 1. The highest BCUT2D eigenvalue weighted by atomic mass is 79.9. The highest BCUT2D eigenvalue weighted by Crippen LogP contribution is 2.33. The van der Waals surface area contributed by atoms with Crippen molar-refractivity contribution < 1.29 is 14.6 Å². The molecule has 21 heavy (non-hydrogen) atoms. The summed E-state index contributed by atoms with van der Waals surface area (Å²) in [6.45, 7) is 1.98. The zero-order chi connectivity index (χ0) is 15.4. The molecule has 0 aromatic heterocycles. The molecule has 2 aromatic rings. The second-order valence-corrected chi connectivity index (χ2v) is 5.49. The maximum atomic E-state index is 10.1. The summed E-state index contributed by atoms with van der Waals surface area (Å²) in [6.07, 6.45) is 0.